The molecule has 5 radical (unpaired) electrons. The van der Waals surface area contributed by atoms with Crippen molar-refractivity contribution in [1.82, 2.24) is 0 Å². The minimum absolute atomic E-state index is 0.462. The summed E-state index contributed by atoms with van der Waals surface area (Å²) in [6.07, 6.45) is 32.4. The largest absolute Gasteiger partial charge is 0.0845 e. The Balaban J connectivity index is 1.15. The molecule has 8 atom stereocenters. The van der Waals surface area contributed by atoms with Gasteiger partial charge in [0.05, 0.1) is 0 Å². The number of allylic oxidation sites excluding steroid dienone is 6. The zero-order valence-corrected chi connectivity index (χ0v) is 23.9. The number of hydrogen-bond donors (Lipinski definition) is 0. The summed E-state index contributed by atoms with van der Waals surface area (Å²) < 4.78 is 0. The van der Waals surface area contributed by atoms with E-state index in [1.165, 1.54) is 82.5 Å². The molecular formula is C36H51. The Hall–Kier alpha value is -0.780. The summed E-state index contributed by atoms with van der Waals surface area (Å²) in [6.45, 7) is 12.8. The van der Waals surface area contributed by atoms with Crippen LogP contribution >= 0.6 is 0 Å². The van der Waals surface area contributed by atoms with E-state index >= 15 is 0 Å². The van der Waals surface area contributed by atoms with Crippen molar-refractivity contribution in [2.24, 2.45) is 52.3 Å². The summed E-state index contributed by atoms with van der Waals surface area (Å²) in [7, 11) is 0. The van der Waals surface area contributed by atoms with E-state index in [9.17, 15) is 0 Å². The van der Waals surface area contributed by atoms with Gasteiger partial charge in [-0.2, -0.15) is 0 Å². The Morgan fingerprint density at radius 3 is 2.56 bits per heavy atom. The Morgan fingerprint density at radius 1 is 0.889 bits per heavy atom. The topological polar surface area (TPSA) is 0 Å². The summed E-state index contributed by atoms with van der Waals surface area (Å²) in [5.41, 5.74) is 2.90. The van der Waals surface area contributed by atoms with Crippen LogP contribution in [0.5, 0.6) is 0 Å². The van der Waals surface area contributed by atoms with Gasteiger partial charge < -0.3 is 0 Å². The van der Waals surface area contributed by atoms with Gasteiger partial charge in [-0.25, -0.2) is 0 Å². The fraction of sp³-hybridized carbons (Fsp3) is 0.694. The fourth-order valence-electron chi connectivity index (χ4n) is 10.5. The lowest BCUT2D eigenvalue weighted by molar-refractivity contribution is -0.0522. The highest BCUT2D eigenvalue weighted by Gasteiger charge is 2.59. The summed E-state index contributed by atoms with van der Waals surface area (Å²) in [4.78, 5) is 0. The first-order valence-electron chi connectivity index (χ1n) is 15.6. The molecular weight excluding hydrogens is 432 g/mol. The Kier molecular flexibility index (Phi) is 6.91. The van der Waals surface area contributed by atoms with Crippen molar-refractivity contribution in [3.05, 3.63) is 66.5 Å². The van der Waals surface area contributed by atoms with Crippen molar-refractivity contribution >= 4 is 0 Å². The monoisotopic (exact) mass is 483 g/mol. The first-order valence-corrected chi connectivity index (χ1v) is 15.6. The summed E-state index contributed by atoms with van der Waals surface area (Å²) in [5, 5.41) is 0. The molecule has 0 nitrogen and oxygen atoms in total. The van der Waals surface area contributed by atoms with Crippen molar-refractivity contribution in [3.8, 4) is 0 Å². The van der Waals surface area contributed by atoms with Crippen molar-refractivity contribution in [2.45, 2.75) is 105 Å². The lowest BCUT2D eigenvalue weighted by Gasteiger charge is -2.59. The van der Waals surface area contributed by atoms with Gasteiger partial charge in [-0.15, -0.1) is 0 Å². The molecule has 0 aromatic heterocycles. The molecule has 0 amide bonds. The molecule has 0 bridgehead atoms. The Bertz CT molecular complexity index is 888. The number of rotatable bonds is 6. The molecule has 0 aliphatic heterocycles. The van der Waals surface area contributed by atoms with Crippen molar-refractivity contribution < 1.29 is 0 Å². The van der Waals surface area contributed by atoms with E-state index < -0.39 is 0 Å². The maximum atomic E-state index is 2.78. The van der Waals surface area contributed by atoms with E-state index in [-0.39, 0.29) is 0 Å². The SMILES string of the molecule is CC(C)CCC[C@@H](C)[C@H]1CC[C@H]2[C@@H]3CC=C4C[C@H]([C]5[CH][CH][C]6C=CC=C[C]65)CC[C@]4(C)[C@H]3CC[C@]12C. The molecule has 195 valence electrons. The van der Waals surface area contributed by atoms with E-state index in [4.69, 9.17) is 0 Å². The average molecular weight is 484 g/mol. The molecule has 0 N–H and O–H groups in total. The van der Waals surface area contributed by atoms with E-state index in [0.717, 1.165) is 41.4 Å². The van der Waals surface area contributed by atoms with Crippen LogP contribution in [-0.4, -0.2) is 0 Å². The quantitative estimate of drug-likeness (QED) is 0.330. The minimum atomic E-state index is 0.462. The van der Waals surface area contributed by atoms with Gasteiger partial charge in [0, 0.05) is 11.8 Å². The summed E-state index contributed by atoms with van der Waals surface area (Å²) >= 11 is 0. The van der Waals surface area contributed by atoms with Gasteiger partial charge in [-0.05, 0) is 122 Å². The lowest BCUT2D eigenvalue weighted by Crippen LogP contribution is -2.50. The second-order valence-corrected chi connectivity index (χ2v) is 14.6. The highest BCUT2D eigenvalue weighted by Crippen LogP contribution is 2.68. The molecule has 6 rings (SSSR count). The van der Waals surface area contributed by atoms with Crippen LogP contribution in [-0.2, 0) is 0 Å². The minimum Gasteiger partial charge on any atom is -0.0845 e. The third-order valence-corrected chi connectivity index (χ3v) is 12.5. The van der Waals surface area contributed by atoms with Gasteiger partial charge in [-0.1, -0.05) is 89.8 Å². The van der Waals surface area contributed by atoms with Crippen molar-refractivity contribution in [2.75, 3.05) is 0 Å². The molecule has 6 aliphatic rings. The van der Waals surface area contributed by atoms with Gasteiger partial charge in [0.2, 0.25) is 0 Å². The van der Waals surface area contributed by atoms with E-state index in [1.807, 2.05) is 5.57 Å². The van der Waals surface area contributed by atoms with Gasteiger partial charge in [0.1, 0.15) is 0 Å². The Morgan fingerprint density at radius 2 is 1.72 bits per heavy atom. The van der Waals surface area contributed by atoms with Crippen molar-refractivity contribution in [3.63, 3.8) is 0 Å². The molecule has 6 aliphatic carbocycles. The predicted octanol–water partition coefficient (Wildman–Crippen LogP) is 9.92. The maximum absolute atomic E-state index is 2.78. The molecule has 4 saturated carbocycles. The second kappa shape index (κ2) is 9.75. The molecule has 0 aromatic carbocycles. The Labute approximate surface area is 223 Å². The highest BCUT2D eigenvalue weighted by atomic mass is 14.6. The molecule has 0 heteroatoms. The first kappa shape index (κ1) is 25.5. The van der Waals surface area contributed by atoms with Gasteiger partial charge >= 0.3 is 0 Å². The molecule has 4 fully saturated rings. The van der Waals surface area contributed by atoms with Crippen LogP contribution < -0.4 is 0 Å². The number of hydrogen-bond acceptors (Lipinski definition) is 0. The fourth-order valence-corrected chi connectivity index (χ4v) is 10.5. The van der Waals surface area contributed by atoms with E-state index in [1.54, 1.807) is 5.92 Å². The summed E-state index contributed by atoms with van der Waals surface area (Å²) in [6, 6.07) is 0. The molecule has 0 heterocycles. The smallest absolute Gasteiger partial charge is 0.0161 e. The van der Waals surface area contributed by atoms with Crippen LogP contribution in [0.2, 0.25) is 0 Å². The van der Waals surface area contributed by atoms with Crippen molar-refractivity contribution in [1.29, 1.82) is 0 Å². The van der Waals surface area contributed by atoms with E-state index in [2.05, 4.69) is 77.8 Å². The first-order chi connectivity index (χ1) is 17.3. The van der Waals surface area contributed by atoms with Gasteiger partial charge in [0.25, 0.3) is 0 Å². The molecule has 0 saturated heterocycles. The second-order valence-electron chi connectivity index (χ2n) is 14.6. The molecule has 0 aromatic rings. The van der Waals surface area contributed by atoms with Crippen LogP contribution in [0.15, 0.2) is 36.0 Å². The zero-order chi connectivity index (χ0) is 25.1. The van der Waals surface area contributed by atoms with Gasteiger partial charge in [0.15, 0.2) is 0 Å². The molecule has 36 heavy (non-hydrogen) atoms. The third-order valence-electron chi connectivity index (χ3n) is 12.5. The van der Waals surface area contributed by atoms with E-state index in [0.29, 0.717) is 10.8 Å². The van der Waals surface area contributed by atoms with Crippen LogP contribution in [0.1, 0.15) is 105 Å². The third kappa shape index (κ3) is 4.14. The summed E-state index contributed by atoms with van der Waals surface area (Å²) in [5.74, 6) is 10.9. The number of fused-ring (bicyclic) bond motifs is 6. The maximum Gasteiger partial charge on any atom is 0.0161 e. The van der Waals surface area contributed by atoms with Crippen LogP contribution in [0, 0.1) is 82.9 Å². The predicted molar refractivity (Wildman–Crippen MR) is 153 cm³/mol. The highest BCUT2D eigenvalue weighted by molar-refractivity contribution is 5.63. The molecule has 0 spiro atoms. The standard InChI is InChI=1S/C36H51/c1-24(2)9-8-10-25(3)32-17-18-33-31-16-14-28-23-27(30-15-13-26-11-6-7-12-29(26)30)19-21-35(28,4)34(31)20-22-36(32,33)5/h6-7,11-15,24-25,27,31-34H,8-10,16-23H2,1-5H3/t25-,27-,31+,32-,33+,34+,35+,36-/m1/s1. The van der Waals surface area contributed by atoms with Gasteiger partial charge in [-0.3, -0.25) is 0 Å². The normalized spacial score (nSPS) is 43.7. The van der Waals surface area contributed by atoms with Crippen LogP contribution in [0.3, 0.4) is 0 Å². The van der Waals surface area contributed by atoms with Crippen LogP contribution in [0.25, 0.3) is 0 Å². The lowest BCUT2D eigenvalue weighted by atomic mass is 9.46. The van der Waals surface area contributed by atoms with Crippen LogP contribution in [0.4, 0.5) is 0 Å². The average Bonchev–Trinajstić information content (AvgIpc) is 3.44. The zero-order valence-electron chi connectivity index (χ0n) is 23.9. The molecule has 0 unspecified atom stereocenters.